The van der Waals surface area contributed by atoms with Gasteiger partial charge in [0.1, 0.15) is 0 Å². The van der Waals surface area contributed by atoms with Crippen LogP contribution in [0.1, 0.15) is 24.5 Å². The summed E-state index contributed by atoms with van der Waals surface area (Å²) in [6.07, 6.45) is 4.97. The summed E-state index contributed by atoms with van der Waals surface area (Å²) >= 11 is 1.71. The van der Waals surface area contributed by atoms with E-state index in [1.54, 1.807) is 11.3 Å². The van der Waals surface area contributed by atoms with Crippen LogP contribution in [0, 0.1) is 6.92 Å². The Balaban J connectivity index is 1.73. The molecular weight excluding hydrogens is 282 g/mol. The van der Waals surface area contributed by atoms with Crippen molar-refractivity contribution >= 4 is 17.3 Å². The highest BCUT2D eigenvalue weighted by Crippen LogP contribution is 2.06. The first-order valence-electron chi connectivity index (χ1n) is 7.30. The third-order valence-corrected chi connectivity index (χ3v) is 3.69. The number of nitrogens with zero attached hydrogens (tertiary/aromatic N) is 3. The van der Waals surface area contributed by atoms with E-state index in [-0.39, 0.29) is 0 Å². The summed E-state index contributed by atoms with van der Waals surface area (Å²) in [5, 5.41) is 15.1. The van der Waals surface area contributed by atoms with Crippen molar-refractivity contribution < 1.29 is 0 Å². The van der Waals surface area contributed by atoms with Gasteiger partial charge in [-0.05, 0) is 48.2 Å². The smallest absolute Gasteiger partial charge is 0.191 e. The van der Waals surface area contributed by atoms with Crippen molar-refractivity contribution in [3.8, 4) is 0 Å². The molecule has 0 fully saturated rings. The lowest BCUT2D eigenvalue weighted by Crippen LogP contribution is -2.38. The first kappa shape index (κ1) is 15.6. The van der Waals surface area contributed by atoms with Gasteiger partial charge in [0.25, 0.3) is 0 Å². The predicted molar refractivity (Wildman–Crippen MR) is 88.7 cm³/mol. The van der Waals surface area contributed by atoms with Crippen LogP contribution in [0.5, 0.6) is 0 Å². The van der Waals surface area contributed by atoms with Crippen LogP contribution in [-0.4, -0.2) is 28.8 Å². The number of hydrogen-bond donors (Lipinski definition) is 2. The minimum absolute atomic E-state index is 0.719. The molecule has 0 saturated heterocycles. The Kier molecular flexibility index (Phi) is 6.27. The van der Waals surface area contributed by atoms with Gasteiger partial charge in [0.05, 0.1) is 12.7 Å². The summed E-state index contributed by atoms with van der Waals surface area (Å²) in [7, 11) is 0. The Morgan fingerprint density at radius 2 is 2.33 bits per heavy atom. The fourth-order valence-corrected chi connectivity index (χ4v) is 2.59. The lowest BCUT2D eigenvalue weighted by atomic mass is 10.3. The first-order chi connectivity index (χ1) is 10.3. The third kappa shape index (κ3) is 5.59. The van der Waals surface area contributed by atoms with E-state index in [0.717, 1.165) is 38.6 Å². The Bertz CT molecular complexity index is 544. The molecule has 0 aliphatic heterocycles. The van der Waals surface area contributed by atoms with Crippen molar-refractivity contribution in [1.29, 1.82) is 0 Å². The fraction of sp³-hybridized carbons (Fsp3) is 0.467. The largest absolute Gasteiger partial charge is 0.357 e. The van der Waals surface area contributed by atoms with E-state index in [9.17, 15) is 0 Å². The summed E-state index contributed by atoms with van der Waals surface area (Å²) in [5.41, 5.74) is 2.46. The fourth-order valence-electron chi connectivity index (χ4n) is 1.93. The molecule has 0 atom stereocenters. The van der Waals surface area contributed by atoms with Gasteiger partial charge >= 0.3 is 0 Å². The average Bonchev–Trinajstić information content (AvgIpc) is 3.12. The molecule has 0 radical (unpaired) electrons. The average molecular weight is 305 g/mol. The molecule has 2 heterocycles. The van der Waals surface area contributed by atoms with E-state index in [0.29, 0.717) is 0 Å². The third-order valence-electron chi connectivity index (χ3n) is 2.96. The molecular formula is C15H23N5S. The van der Waals surface area contributed by atoms with Crippen LogP contribution in [0.4, 0.5) is 0 Å². The van der Waals surface area contributed by atoms with Crippen molar-refractivity contribution in [2.24, 2.45) is 4.99 Å². The molecule has 114 valence electrons. The number of aliphatic imine (C=N–C) groups is 1. The van der Waals surface area contributed by atoms with E-state index in [4.69, 9.17) is 0 Å². The second-order valence-electron chi connectivity index (χ2n) is 4.89. The number of thiophene rings is 1. The Hall–Kier alpha value is -1.82. The van der Waals surface area contributed by atoms with Crippen LogP contribution in [0.15, 0.2) is 34.2 Å². The summed E-state index contributed by atoms with van der Waals surface area (Å²) in [6, 6.07) is 2.11. The van der Waals surface area contributed by atoms with Crippen LogP contribution in [0.2, 0.25) is 0 Å². The first-order valence-corrected chi connectivity index (χ1v) is 8.24. The monoisotopic (exact) mass is 305 g/mol. The summed E-state index contributed by atoms with van der Waals surface area (Å²) in [4.78, 5) is 4.58. The van der Waals surface area contributed by atoms with Crippen LogP contribution >= 0.6 is 11.3 Å². The molecule has 21 heavy (non-hydrogen) atoms. The summed E-state index contributed by atoms with van der Waals surface area (Å²) in [6.45, 7) is 7.53. The molecule has 0 amide bonds. The number of nitrogens with one attached hydrogen (secondary N) is 2. The molecule has 6 heteroatoms. The van der Waals surface area contributed by atoms with E-state index in [1.807, 2.05) is 10.9 Å². The van der Waals surface area contributed by atoms with Gasteiger partial charge in [0.2, 0.25) is 0 Å². The molecule has 0 aliphatic rings. The minimum Gasteiger partial charge on any atom is -0.357 e. The van der Waals surface area contributed by atoms with Gasteiger partial charge < -0.3 is 10.6 Å². The van der Waals surface area contributed by atoms with Crippen molar-refractivity contribution in [3.05, 3.63) is 40.3 Å². The quantitative estimate of drug-likeness (QED) is 0.469. The van der Waals surface area contributed by atoms with E-state index < -0.39 is 0 Å². The maximum absolute atomic E-state index is 4.58. The van der Waals surface area contributed by atoms with Crippen LogP contribution in [-0.2, 0) is 13.1 Å². The number of hydrogen-bond acceptors (Lipinski definition) is 3. The molecule has 0 spiro atoms. The SMILES string of the molecule is CCNC(=NCc1ccsc1)NCCCn1cc(C)cn1. The zero-order chi connectivity index (χ0) is 14.9. The zero-order valence-corrected chi connectivity index (χ0v) is 13.5. The molecule has 0 aliphatic carbocycles. The predicted octanol–water partition coefficient (Wildman–Crippen LogP) is 2.40. The molecule has 0 bridgehead atoms. The Morgan fingerprint density at radius 1 is 1.43 bits per heavy atom. The molecule has 2 rings (SSSR count). The maximum atomic E-state index is 4.58. The second kappa shape index (κ2) is 8.46. The number of guanidine groups is 1. The zero-order valence-electron chi connectivity index (χ0n) is 12.7. The summed E-state index contributed by atoms with van der Waals surface area (Å²) < 4.78 is 1.98. The van der Waals surface area contributed by atoms with Crippen LogP contribution < -0.4 is 10.6 Å². The van der Waals surface area contributed by atoms with Gasteiger partial charge in [-0.3, -0.25) is 4.68 Å². The van der Waals surface area contributed by atoms with Gasteiger partial charge in [0, 0.05) is 25.8 Å². The van der Waals surface area contributed by atoms with E-state index in [2.05, 4.69) is 57.6 Å². The molecule has 5 nitrogen and oxygen atoms in total. The van der Waals surface area contributed by atoms with Gasteiger partial charge in [-0.15, -0.1) is 0 Å². The number of rotatable bonds is 7. The van der Waals surface area contributed by atoms with Gasteiger partial charge in [0.15, 0.2) is 5.96 Å². The van der Waals surface area contributed by atoms with Gasteiger partial charge in [-0.25, -0.2) is 4.99 Å². The number of aromatic nitrogens is 2. The number of aryl methyl sites for hydroxylation is 2. The topological polar surface area (TPSA) is 54.2 Å². The maximum Gasteiger partial charge on any atom is 0.191 e. The van der Waals surface area contributed by atoms with E-state index >= 15 is 0 Å². The molecule has 2 aromatic heterocycles. The highest BCUT2D eigenvalue weighted by molar-refractivity contribution is 7.07. The van der Waals surface area contributed by atoms with Crippen molar-refractivity contribution in [3.63, 3.8) is 0 Å². The van der Waals surface area contributed by atoms with E-state index in [1.165, 1.54) is 11.1 Å². The lowest BCUT2D eigenvalue weighted by molar-refractivity contribution is 0.570. The molecule has 2 N–H and O–H groups in total. The Labute approximate surface area is 130 Å². The highest BCUT2D eigenvalue weighted by atomic mass is 32.1. The molecule has 0 saturated carbocycles. The highest BCUT2D eigenvalue weighted by Gasteiger charge is 1.98. The molecule has 0 unspecified atom stereocenters. The molecule has 2 aromatic rings. The summed E-state index contributed by atoms with van der Waals surface area (Å²) in [5.74, 6) is 0.875. The second-order valence-corrected chi connectivity index (χ2v) is 5.67. The van der Waals surface area contributed by atoms with Gasteiger partial charge in [-0.1, -0.05) is 0 Å². The van der Waals surface area contributed by atoms with Gasteiger partial charge in [-0.2, -0.15) is 16.4 Å². The molecule has 0 aromatic carbocycles. The lowest BCUT2D eigenvalue weighted by Gasteiger charge is -2.11. The van der Waals surface area contributed by atoms with Crippen molar-refractivity contribution in [2.75, 3.05) is 13.1 Å². The normalized spacial score (nSPS) is 11.6. The van der Waals surface area contributed by atoms with Crippen molar-refractivity contribution in [1.82, 2.24) is 20.4 Å². The standard InChI is InChI=1S/C15H23N5S/c1-3-16-15(18-10-14-5-8-21-12-14)17-6-4-7-20-11-13(2)9-19-20/h5,8-9,11-12H,3-4,6-7,10H2,1-2H3,(H2,16,17,18). The Morgan fingerprint density at radius 3 is 3.00 bits per heavy atom. The van der Waals surface area contributed by atoms with Crippen LogP contribution in [0.25, 0.3) is 0 Å². The minimum atomic E-state index is 0.719. The van der Waals surface area contributed by atoms with Crippen LogP contribution in [0.3, 0.4) is 0 Å². The van der Waals surface area contributed by atoms with Crippen molar-refractivity contribution in [2.45, 2.75) is 33.4 Å².